The van der Waals surface area contributed by atoms with E-state index >= 15 is 0 Å². The van der Waals surface area contributed by atoms with Crippen molar-refractivity contribution in [3.63, 3.8) is 0 Å². The maximum absolute atomic E-state index is 10.6. The molecule has 4 nitrogen and oxygen atoms in total. The lowest BCUT2D eigenvalue weighted by Crippen LogP contribution is -1.97. The van der Waals surface area contributed by atoms with Crippen LogP contribution in [0.4, 0.5) is 0 Å². The maximum Gasteiger partial charge on any atom is 0.337 e. The second-order valence-electron chi connectivity index (χ2n) is 2.76. The van der Waals surface area contributed by atoms with E-state index in [1.165, 1.54) is 12.3 Å². The summed E-state index contributed by atoms with van der Waals surface area (Å²) in [6.45, 7) is 0. The predicted molar refractivity (Wildman–Crippen MR) is 50.1 cm³/mol. The highest BCUT2D eigenvalue weighted by Crippen LogP contribution is 2.07. The molecule has 2 rings (SSSR count). The largest absolute Gasteiger partial charge is 0.478 e. The van der Waals surface area contributed by atoms with Crippen LogP contribution in [0.25, 0.3) is 5.65 Å². The molecule has 0 atom stereocenters. The number of hydrogen-bond donors (Lipinski definition) is 1. The minimum Gasteiger partial charge on any atom is -0.478 e. The molecule has 0 radical (unpaired) electrons. The number of carbonyl (C=O) groups is 1. The lowest BCUT2D eigenvalue weighted by atomic mass is 10.3. The van der Waals surface area contributed by atoms with Crippen molar-refractivity contribution in [1.82, 2.24) is 9.38 Å². The van der Waals surface area contributed by atoms with E-state index in [0.29, 0.717) is 11.3 Å². The number of aromatic nitrogens is 2. The van der Waals surface area contributed by atoms with Crippen LogP contribution >= 0.6 is 0 Å². The third kappa shape index (κ3) is 1.21. The molecule has 1 N–H and O–H groups in total. The lowest BCUT2D eigenvalue weighted by molar-refractivity contribution is 0.0696. The molecule has 2 aromatic heterocycles. The SMILES string of the molecule is C#Cc1cn2cc(C(=O)O)ccc2n1. The Kier molecular flexibility index (Phi) is 1.72. The zero-order valence-corrected chi connectivity index (χ0v) is 7.14. The summed E-state index contributed by atoms with van der Waals surface area (Å²) < 4.78 is 1.60. The summed E-state index contributed by atoms with van der Waals surface area (Å²) >= 11 is 0. The van der Waals surface area contributed by atoms with Gasteiger partial charge in [-0.2, -0.15) is 0 Å². The van der Waals surface area contributed by atoms with Gasteiger partial charge in [0.25, 0.3) is 0 Å². The Hall–Kier alpha value is -2.28. The highest BCUT2D eigenvalue weighted by atomic mass is 16.4. The van der Waals surface area contributed by atoms with Gasteiger partial charge < -0.3 is 9.51 Å². The predicted octanol–water partition coefficient (Wildman–Crippen LogP) is 1.01. The molecule has 0 aromatic carbocycles. The number of fused-ring (bicyclic) bond motifs is 1. The smallest absolute Gasteiger partial charge is 0.337 e. The molecule has 0 unspecified atom stereocenters. The molecule has 0 aliphatic heterocycles. The van der Waals surface area contributed by atoms with Crippen LogP contribution in [-0.4, -0.2) is 20.5 Å². The number of hydrogen-bond acceptors (Lipinski definition) is 2. The molecule has 0 saturated heterocycles. The first-order valence-corrected chi connectivity index (χ1v) is 3.89. The number of carboxylic acids is 1. The second kappa shape index (κ2) is 2.89. The number of rotatable bonds is 1. The van der Waals surface area contributed by atoms with Crippen LogP contribution in [-0.2, 0) is 0 Å². The second-order valence-corrected chi connectivity index (χ2v) is 2.76. The third-order valence-corrected chi connectivity index (χ3v) is 1.85. The summed E-state index contributed by atoms with van der Waals surface area (Å²) in [5.41, 5.74) is 1.34. The fraction of sp³-hybridized carbons (Fsp3) is 0. The number of terminal acetylenes is 1. The number of nitrogens with zero attached hydrogens (tertiary/aromatic N) is 2. The zero-order chi connectivity index (χ0) is 10.1. The van der Waals surface area contributed by atoms with Crippen LogP contribution in [0.3, 0.4) is 0 Å². The van der Waals surface area contributed by atoms with Crippen LogP contribution in [0, 0.1) is 12.3 Å². The van der Waals surface area contributed by atoms with E-state index in [1.54, 1.807) is 16.7 Å². The first-order valence-electron chi connectivity index (χ1n) is 3.89. The van der Waals surface area contributed by atoms with Crippen molar-refractivity contribution in [2.24, 2.45) is 0 Å². The molecule has 2 aromatic rings. The average molecular weight is 186 g/mol. The van der Waals surface area contributed by atoms with E-state index in [9.17, 15) is 4.79 Å². The van der Waals surface area contributed by atoms with Crippen molar-refractivity contribution in [3.05, 3.63) is 35.8 Å². The van der Waals surface area contributed by atoms with Gasteiger partial charge >= 0.3 is 5.97 Å². The normalized spacial score (nSPS) is 9.93. The Bertz CT molecular complexity index is 549. The molecule has 0 amide bonds. The van der Waals surface area contributed by atoms with Gasteiger partial charge in [-0.1, -0.05) is 0 Å². The Morgan fingerprint density at radius 2 is 2.29 bits per heavy atom. The fourth-order valence-electron chi connectivity index (χ4n) is 1.19. The molecule has 0 aliphatic carbocycles. The maximum atomic E-state index is 10.6. The molecular formula is C10H6N2O2. The molecule has 68 valence electrons. The summed E-state index contributed by atoms with van der Waals surface area (Å²) in [6, 6.07) is 3.11. The number of carboxylic acid groups (broad SMARTS) is 1. The van der Waals surface area contributed by atoms with E-state index in [-0.39, 0.29) is 5.56 Å². The standard InChI is InChI=1S/C10H6N2O2/c1-2-8-6-12-5-7(10(13)14)3-4-9(12)11-8/h1,3-6H,(H,13,14). The van der Waals surface area contributed by atoms with E-state index < -0.39 is 5.97 Å². The van der Waals surface area contributed by atoms with E-state index in [4.69, 9.17) is 11.5 Å². The van der Waals surface area contributed by atoms with Gasteiger partial charge in [-0.15, -0.1) is 6.42 Å². The molecule has 0 spiro atoms. The molecule has 4 heteroatoms. The molecule has 2 heterocycles. The van der Waals surface area contributed by atoms with Gasteiger partial charge in [-0.05, 0) is 18.1 Å². The Balaban J connectivity index is 2.66. The number of aromatic carboxylic acids is 1. The van der Waals surface area contributed by atoms with Gasteiger partial charge in [-0.25, -0.2) is 9.78 Å². The molecular weight excluding hydrogens is 180 g/mol. The first kappa shape index (κ1) is 8.32. The molecule has 0 saturated carbocycles. The minimum atomic E-state index is -0.970. The van der Waals surface area contributed by atoms with E-state index in [1.807, 2.05) is 0 Å². The van der Waals surface area contributed by atoms with Gasteiger partial charge in [-0.3, -0.25) is 0 Å². The molecule has 0 bridgehead atoms. The Morgan fingerprint density at radius 3 is 2.93 bits per heavy atom. The number of pyridine rings is 1. The summed E-state index contributed by atoms with van der Waals surface area (Å²) in [5, 5.41) is 8.73. The first-order chi connectivity index (χ1) is 6.70. The van der Waals surface area contributed by atoms with Crippen LogP contribution in [0.5, 0.6) is 0 Å². The van der Waals surface area contributed by atoms with Crippen molar-refractivity contribution in [3.8, 4) is 12.3 Å². The topological polar surface area (TPSA) is 54.6 Å². The van der Waals surface area contributed by atoms with Crippen LogP contribution in [0.15, 0.2) is 24.5 Å². The quantitative estimate of drug-likeness (QED) is 0.676. The third-order valence-electron chi connectivity index (χ3n) is 1.85. The van der Waals surface area contributed by atoms with Crippen molar-refractivity contribution in [2.45, 2.75) is 0 Å². The average Bonchev–Trinajstić information content (AvgIpc) is 2.58. The van der Waals surface area contributed by atoms with Gasteiger partial charge in [0.05, 0.1) is 5.56 Å². The van der Waals surface area contributed by atoms with Gasteiger partial charge in [0.1, 0.15) is 11.3 Å². The van der Waals surface area contributed by atoms with E-state index in [0.717, 1.165) is 0 Å². The highest BCUT2D eigenvalue weighted by Gasteiger charge is 2.04. The fourth-order valence-corrected chi connectivity index (χ4v) is 1.19. The van der Waals surface area contributed by atoms with E-state index in [2.05, 4.69) is 10.9 Å². The molecule has 0 aliphatic rings. The van der Waals surface area contributed by atoms with Crippen LogP contribution in [0.1, 0.15) is 16.1 Å². The van der Waals surface area contributed by atoms with Crippen LogP contribution < -0.4 is 0 Å². The summed E-state index contributed by atoms with van der Waals surface area (Å²) in [5.74, 6) is 1.42. The Morgan fingerprint density at radius 1 is 1.50 bits per heavy atom. The summed E-state index contributed by atoms with van der Waals surface area (Å²) in [4.78, 5) is 14.7. The van der Waals surface area contributed by atoms with Gasteiger partial charge in [0.15, 0.2) is 0 Å². The monoisotopic (exact) mass is 186 g/mol. The molecule has 14 heavy (non-hydrogen) atoms. The minimum absolute atomic E-state index is 0.207. The van der Waals surface area contributed by atoms with Crippen molar-refractivity contribution < 1.29 is 9.90 Å². The highest BCUT2D eigenvalue weighted by molar-refractivity contribution is 5.87. The van der Waals surface area contributed by atoms with Crippen LogP contribution in [0.2, 0.25) is 0 Å². The van der Waals surface area contributed by atoms with Crippen molar-refractivity contribution in [1.29, 1.82) is 0 Å². The molecule has 0 fully saturated rings. The van der Waals surface area contributed by atoms with Gasteiger partial charge in [0, 0.05) is 12.4 Å². The summed E-state index contributed by atoms with van der Waals surface area (Å²) in [6.07, 6.45) is 8.26. The van der Waals surface area contributed by atoms with Crippen molar-refractivity contribution in [2.75, 3.05) is 0 Å². The lowest BCUT2D eigenvalue weighted by Gasteiger charge is -1.94. The van der Waals surface area contributed by atoms with Crippen molar-refractivity contribution >= 4 is 11.6 Å². The Labute approximate surface area is 79.8 Å². The zero-order valence-electron chi connectivity index (χ0n) is 7.14. The summed E-state index contributed by atoms with van der Waals surface area (Å²) in [7, 11) is 0. The number of imidazole rings is 1. The van der Waals surface area contributed by atoms with Gasteiger partial charge in [0.2, 0.25) is 0 Å².